The average Bonchev–Trinajstić information content (AvgIpc) is 3.98. The maximum absolute atomic E-state index is 2.50. The van der Waals surface area contributed by atoms with Crippen LogP contribution in [0.2, 0.25) is 0 Å². The Hall–Kier alpha value is -7.36. The highest BCUT2D eigenvalue weighted by Gasteiger charge is 2.39. The van der Waals surface area contributed by atoms with E-state index in [1.165, 1.54) is 83.4 Å². The van der Waals surface area contributed by atoms with Crippen molar-refractivity contribution in [2.45, 2.75) is 38.5 Å². The highest BCUT2D eigenvalue weighted by atomic mass is 15.2. The van der Waals surface area contributed by atoms with Gasteiger partial charge in [0.1, 0.15) is 5.65 Å². The molecule has 12 rings (SSSR count). The Bertz CT molecular complexity index is 3320. The number of benzene rings is 8. The zero-order chi connectivity index (χ0) is 41.0. The van der Waals surface area contributed by atoms with Crippen LogP contribution in [0.5, 0.6) is 0 Å². The summed E-state index contributed by atoms with van der Waals surface area (Å²) in [6, 6.07) is 73.8. The van der Waals surface area contributed by atoms with Crippen molar-refractivity contribution in [3.63, 3.8) is 0 Å². The highest BCUT2D eigenvalue weighted by molar-refractivity contribution is 6.10. The van der Waals surface area contributed by atoms with E-state index >= 15 is 0 Å². The molecule has 2 aliphatic rings. The third-order valence-corrected chi connectivity index (χ3v) is 13.7. The molecule has 61 heavy (non-hydrogen) atoms. The predicted octanol–water partition coefficient (Wildman–Crippen LogP) is 15.3. The predicted molar refractivity (Wildman–Crippen MR) is 255 cm³/mol. The molecule has 0 saturated heterocycles. The van der Waals surface area contributed by atoms with Crippen LogP contribution in [0.1, 0.15) is 50.1 Å². The lowest BCUT2D eigenvalue weighted by Crippen LogP contribution is -2.16. The molecule has 1 aliphatic heterocycles. The quantitative estimate of drug-likeness (QED) is 0.164. The lowest BCUT2D eigenvalue weighted by Gasteiger charge is -2.28. The van der Waals surface area contributed by atoms with E-state index in [1.54, 1.807) is 0 Å². The zero-order valence-corrected chi connectivity index (χ0v) is 34.9. The second kappa shape index (κ2) is 13.1. The van der Waals surface area contributed by atoms with Crippen molar-refractivity contribution >= 4 is 39.0 Å². The Kier molecular flexibility index (Phi) is 7.62. The minimum atomic E-state index is -0.0951. The average molecular weight is 784 g/mol. The largest absolute Gasteiger partial charge is 0.310 e. The van der Waals surface area contributed by atoms with Crippen molar-refractivity contribution in [2.75, 3.05) is 4.90 Å². The van der Waals surface area contributed by atoms with E-state index in [2.05, 4.69) is 242 Å². The number of fused-ring (bicyclic) bond motifs is 10. The van der Waals surface area contributed by atoms with Gasteiger partial charge in [0.25, 0.3) is 0 Å². The second-order valence-corrected chi connectivity index (χ2v) is 17.8. The van der Waals surface area contributed by atoms with Gasteiger partial charge in [0.15, 0.2) is 0 Å². The van der Waals surface area contributed by atoms with Crippen LogP contribution in [0.15, 0.2) is 200 Å². The molecule has 0 unspecified atom stereocenters. The number of hydrogen-bond acceptors (Lipinski definition) is 1. The summed E-state index contributed by atoms with van der Waals surface area (Å²) in [4.78, 5) is 2.40. The Morgan fingerprint density at radius 2 is 0.918 bits per heavy atom. The van der Waals surface area contributed by atoms with Crippen molar-refractivity contribution in [1.82, 2.24) is 9.13 Å². The fraction of sp³-hybridized carbons (Fsp3) is 0.103. The van der Waals surface area contributed by atoms with Crippen LogP contribution in [-0.2, 0) is 10.8 Å². The van der Waals surface area contributed by atoms with Gasteiger partial charge >= 0.3 is 0 Å². The molecular formula is C58H45N3. The van der Waals surface area contributed by atoms with E-state index in [4.69, 9.17) is 0 Å². The standard InChI is InChI=1S/C58H45N3/c1-57(2)50-18-10-8-16-46(50)47-35-34-45(36-52(47)57)59(42-28-22-39(23-29-42)38-14-6-5-7-15-38)43-30-24-40(25-31-43)41-26-32-44(33-27-41)60-53-20-12-9-17-48(53)49-37-55-58(3,4)51-19-11-13-21-54(51)61(55)56(49)60/h5-37H,1-4H3. The van der Waals surface area contributed by atoms with E-state index in [9.17, 15) is 0 Å². The van der Waals surface area contributed by atoms with E-state index < -0.39 is 0 Å². The first-order valence-corrected chi connectivity index (χ1v) is 21.4. The summed E-state index contributed by atoms with van der Waals surface area (Å²) in [6.45, 7) is 9.41. The molecule has 0 spiro atoms. The molecule has 0 radical (unpaired) electrons. The fourth-order valence-electron chi connectivity index (χ4n) is 10.5. The van der Waals surface area contributed by atoms with Crippen molar-refractivity contribution in [2.24, 2.45) is 0 Å². The summed E-state index contributed by atoms with van der Waals surface area (Å²) in [5.41, 5.74) is 21.0. The van der Waals surface area contributed by atoms with E-state index in [-0.39, 0.29) is 10.8 Å². The molecular weight excluding hydrogens is 739 g/mol. The minimum absolute atomic E-state index is 0.0816. The second-order valence-electron chi connectivity index (χ2n) is 17.8. The summed E-state index contributed by atoms with van der Waals surface area (Å²) in [5.74, 6) is 0. The third-order valence-electron chi connectivity index (χ3n) is 13.7. The molecule has 2 aromatic heterocycles. The smallest absolute Gasteiger partial charge is 0.130 e. The van der Waals surface area contributed by atoms with Crippen LogP contribution >= 0.6 is 0 Å². The van der Waals surface area contributed by atoms with Crippen LogP contribution in [0.25, 0.3) is 66.7 Å². The van der Waals surface area contributed by atoms with Gasteiger partial charge in [-0.15, -0.1) is 0 Å². The topological polar surface area (TPSA) is 13.1 Å². The van der Waals surface area contributed by atoms with Crippen molar-refractivity contribution in [1.29, 1.82) is 0 Å². The molecule has 0 fully saturated rings. The Labute approximate surface area is 357 Å². The summed E-state index contributed by atoms with van der Waals surface area (Å²) in [7, 11) is 0. The lowest BCUT2D eigenvalue weighted by atomic mass is 9.82. The highest BCUT2D eigenvalue weighted by Crippen LogP contribution is 2.51. The normalized spacial score (nSPS) is 14.2. The number of anilines is 3. The van der Waals surface area contributed by atoms with Gasteiger partial charge in [0.05, 0.1) is 11.2 Å². The summed E-state index contributed by atoms with van der Waals surface area (Å²) >= 11 is 0. The summed E-state index contributed by atoms with van der Waals surface area (Å²) in [5, 5.41) is 2.58. The molecule has 0 atom stereocenters. The van der Waals surface area contributed by atoms with Gasteiger partial charge in [-0.3, -0.25) is 9.13 Å². The molecule has 1 aliphatic carbocycles. The molecule has 8 aromatic carbocycles. The number of nitrogens with zero attached hydrogens (tertiary/aromatic N) is 3. The van der Waals surface area contributed by atoms with Gasteiger partial charge in [0, 0.05) is 50.0 Å². The SMILES string of the molecule is CC1(C)c2ccccc2-c2ccc(N(c3ccc(-c4ccccc4)cc3)c3ccc(-c4ccc(-n5c6ccccc6c6cc7n(c65)-c5ccccc5C7(C)C)cc4)cc3)cc21. The molecule has 10 aromatic rings. The Morgan fingerprint density at radius 3 is 1.62 bits per heavy atom. The van der Waals surface area contributed by atoms with Gasteiger partial charge < -0.3 is 4.90 Å². The van der Waals surface area contributed by atoms with Gasteiger partial charge in [0.2, 0.25) is 0 Å². The van der Waals surface area contributed by atoms with Crippen LogP contribution in [0.3, 0.4) is 0 Å². The monoisotopic (exact) mass is 783 g/mol. The Morgan fingerprint density at radius 1 is 0.377 bits per heavy atom. The first-order valence-electron chi connectivity index (χ1n) is 21.4. The number of hydrogen-bond donors (Lipinski definition) is 0. The van der Waals surface area contributed by atoms with Crippen LogP contribution < -0.4 is 4.90 Å². The molecule has 0 bridgehead atoms. The van der Waals surface area contributed by atoms with E-state index in [0.717, 1.165) is 22.7 Å². The molecule has 0 N–H and O–H groups in total. The van der Waals surface area contributed by atoms with E-state index in [1.807, 2.05) is 0 Å². The molecule has 3 nitrogen and oxygen atoms in total. The fourth-order valence-corrected chi connectivity index (χ4v) is 10.5. The molecule has 0 amide bonds. The maximum Gasteiger partial charge on any atom is 0.130 e. The van der Waals surface area contributed by atoms with Gasteiger partial charge in [-0.2, -0.15) is 0 Å². The molecule has 0 saturated carbocycles. The van der Waals surface area contributed by atoms with Crippen LogP contribution in [0, 0.1) is 0 Å². The van der Waals surface area contributed by atoms with E-state index in [0.29, 0.717) is 0 Å². The Balaban J connectivity index is 0.929. The molecule has 3 heterocycles. The maximum atomic E-state index is 2.50. The first-order chi connectivity index (χ1) is 29.8. The lowest BCUT2D eigenvalue weighted by molar-refractivity contribution is 0.644. The number of para-hydroxylation sites is 2. The van der Waals surface area contributed by atoms with Crippen LogP contribution in [-0.4, -0.2) is 9.13 Å². The third kappa shape index (κ3) is 5.23. The van der Waals surface area contributed by atoms with Gasteiger partial charge in [-0.25, -0.2) is 0 Å². The molecule has 292 valence electrons. The van der Waals surface area contributed by atoms with Crippen molar-refractivity contribution in [3.05, 3.63) is 223 Å². The van der Waals surface area contributed by atoms with Gasteiger partial charge in [-0.05, 0) is 117 Å². The zero-order valence-electron chi connectivity index (χ0n) is 34.9. The van der Waals surface area contributed by atoms with Gasteiger partial charge in [-0.1, -0.05) is 161 Å². The number of rotatable bonds is 6. The summed E-state index contributed by atoms with van der Waals surface area (Å²) < 4.78 is 4.95. The number of aromatic nitrogens is 2. The van der Waals surface area contributed by atoms with Crippen molar-refractivity contribution in [3.8, 4) is 44.8 Å². The molecule has 3 heteroatoms. The van der Waals surface area contributed by atoms with Crippen molar-refractivity contribution < 1.29 is 0 Å². The first kappa shape index (κ1) is 35.6. The van der Waals surface area contributed by atoms with Crippen LogP contribution in [0.4, 0.5) is 17.1 Å². The summed E-state index contributed by atoms with van der Waals surface area (Å²) in [6.07, 6.45) is 0. The minimum Gasteiger partial charge on any atom is -0.310 e.